The van der Waals surface area contributed by atoms with Gasteiger partial charge in [0.15, 0.2) is 6.29 Å². The summed E-state index contributed by atoms with van der Waals surface area (Å²) in [6.45, 7) is 1.16. The molecule has 0 spiro atoms. The Bertz CT molecular complexity index is 648. The number of carbonyl (C=O) groups is 1. The van der Waals surface area contributed by atoms with Crippen molar-refractivity contribution in [2.45, 2.75) is 6.29 Å². The lowest BCUT2D eigenvalue weighted by Crippen LogP contribution is -1.99. The van der Waals surface area contributed by atoms with E-state index in [-0.39, 0.29) is 12.1 Å². The molecule has 1 aromatic heterocycles. The lowest BCUT2D eigenvalue weighted by molar-refractivity contribution is -0.0413. The Hall–Kier alpha value is -0.910. The molecule has 0 unspecified atom stereocenters. The molecule has 0 bridgehead atoms. The SMILES string of the molecule is O=C(c1ccc(C2OCCO2)s1)c1ccc(Cl)cc1Cl. The molecule has 1 saturated heterocycles. The second-order valence-corrected chi connectivity index (χ2v) is 6.19. The highest BCUT2D eigenvalue weighted by Crippen LogP contribution is 2.32. The van der Waals surface area contributed by atoms with Gasteiger partial charge in [0.2, 0.25) is 5.78 Å². The largest absolute Gasteiger partial charge is 0.345 e. The van der Waals surface area contributed by atoms with Crippen LogP contribution >= 0.6 is 34.5 Å². The zero-order valence-electron chi connectivity index (χ0n) is 10.3. The first-order valence-corrected chi connectivity index (χ1v) is 7.55. The summed E-state index contributed by atoms with van der Waals surface area (Å²) in [5.74, 6) is -0.124. The van der Waals surface area contributed by atoms with E-state index in [9.17, 15) is 4.79 Å². The van der Waals surface area contributed by atoms with E-state index in [1.54, 1.807) is 24.3 Å². The molecule has 0 radical (unpaired) electrons. The van der Waals surface area contributed by atoms with E-state index in [1.165, 1.54) is 11.3 Å². The van der Waals surface area contributed by atoms with E-state index in [0.717, 1.165) is 4.88 Å². The smallest absolute Gasteiger partial charge is 0.204 e. The van der Waals surface area contributed by atoms with Crippen molar-refractivity contribution in [3.8, 4) is 0 Å². The summed E-state index contributed by atoms with van der Waals surface area (Å²) in [5.41, 5.74) is 0.442. The quantitative estimate of drug-likeness (QED) is 0.786. The zero-order chi connectivity index (χ0) is 14.1. The van der Waals surface area contributed by atoms with Gasteiger partial charge in [-0.05, 0) is 30.3 Å². The summed E-state index contributed by atoms with van der Waals surface area (Å²) in [7, 11) is 0. The Kier molecular flexibility index (Phi) is 4.10. The van der Waals surface area contributed by atoms with Crippen molar-refractivity contribution in [2.75, 3.05) is 13.2 Å². The molecule has 2 heterocycles. The number of ether oxygens (including phenoxy) is 2. The molecule has 0 atom stereocenters. The van der Waals surface area contributed by atoms with E-state index >= 15 is 0 Å². The lowest BCUT2D eigenvalue weighted by atomic mass is 10.1. The van der Waals surface area contributed by atoms with Crippen molar-refractivity contribution < 1.29 is 14.3 Å². The van der Waals surface area contributed by atoms with Crippen LogP contribution in [0.4, 0.5) is 0 Å². The molecule has 2 aromatic rings. The van der Waals surface area contributed by atoms with Crippen LogP contribution in [0.1, 0.15) is 26.4 Å². The zero-order valence-corrected chi connectivity index (χ0v) is 12.6. The van der Waals surface area contributed by atoms with Crippen LogP contribution in [-0.4, -0.2) is 19.0 Å². The number of rotatable bonds is 3. The summed E-state index contributed by atoms with van der Waals surface area (Å²) >= 11 is 13.2. The second kappa shape index (κ2) is 5.84. The standard InChI is InChI=1S/C14H10Cl2O3S/c15-8-1-2-9(10(16)7-8)13(17)11-3-4-12(20-11)14-18-5-6-19-14/h1-4,7,14H,5-6H2. The van der Waals surface area contributed by atoms with Gasteiger partial charge in [-0.3, -0.25) is 4.79 Å². The van der Waals surface area contributed by atoms with Gasteiger partial charge < -0.3 is 9.47 Å². The lowest BCUT2D eigenvalue weighted by Gasteiger charge is -2.05. The van der Waals surface area contributed by atoms with Gasteiger partial charge in [-0.1, -0.05) is 23.2 Å². The topological polar surface area (TPSA) is 35.5 Å². The van der Waals surface area contributed by atoms with Crippen LogP contribution < -0.4 is 0 Å². The molecule has 1 aliphatic rings. The molecule has 1 aromatic carbocycles. The van der Waals surface area contributed by atoms with Crippen LogP contribution in [0.15, 0.2) is 30.3 Å². The third-order valence-electron chi connectivity index (χ3n) is 2.88. The summed E-state index contributed by atoms with van der Waals surface area (Å²) in [6.07, 6.45) is -0.359. The van der Waals surface area contributed by atoms with E-state index in [2.05, 4.69) is 0 Å². The third kappa shape index (κ3) is 2.75. The van der Waals surface area contributed by atoms with Crippen LogP contribution in [0.25, 0.3) is 0 Å². The highest BCUT2D eigenvalue weighted by molar-refractivity contribution is 7.14. The number of hydrogen-bond acceptors (Lipinski definition) is 4. The van der Waals surface area contributed by atoms with Crippen LogP contribution in [0.5, 0.6) is 0 Å². The molecule has 1 fully saturated rings. The molecule has 0 aliphatic carbocycles. The van der Waals surface area contributed by atoms with Crippen molar-refractivity contribution >= 4 is 40.3 Å². The highest BCUT2D eigenvalue weighted by atomic mass is 35.5. The minimum absolute atomic E-state index is 0.124. The summed E-state index contributed by atoms with van der Waals surface area (Å²) in [5, 5.41) is 0.858. The van der Waals surface area contributed by atoms with Gasteiger partial charge >= 0.3 is 0 Å². The normalized spacial score (nSPS) is 15.7. The molecule has 0 N–H and O–H groups in total. The predicted octanol–water partition coefficient (Wildman–Crippen LogP) is 4.33. The Morgan fingerprint density at radius 3 is 2.60 bits per heavy atom. The fourth-order valence-corrected chi connectivity index (χ4v) is 3.39. The minimum Gasteiger partial charge on any atom is -0.345 e. The van der Waals surface area contributed by atoms with Crippen molar-refractivity contribution in [3.63, 3.8) is 0 Å². The average Bonchev–Trinajstić information content (AvgIpc) is 3.09. The van der Waals surface area contributed by atoms with Gasteiger partial charge in [0.25, 0.3) is 0 Å². The van der Waals surface area contributed by atoms with Gasteiger partial charge in [-0.2, -0.15) is 0 Å². The van der Waals surface area contributed by atoms with Crippen LogP contribution in [0.2, 0.25) is 10.0 Å². The van der Waals surface area contributed by atoms with E-state index in [4.69, 9.17) is 32.7 Å². The third-order valence-corrected chi connectivity index (χ3v) is 4.53. The molecule has 20 heavy (non-hydrogen) atoms. The van der Waals surface area contributed by atoms with Crippen molar-refractivity contribution in [1.82, 2.24) is 0 Å². The van der Waals surface area contributed by atoms with Gasteiger partial charge in [0.05, 0.1) is 28.0 Å². The Morgan fingerprint density at radius 1 is 1.15 bits per heavy atom. The molecule has 3 nitrogen and oxygen atoms in total. The fourth-order valence-electron chi connectivity index (χ4n) is 1.93. The summed E-state index contributed by atoms with van der Waals surface area (Å²) in [4.78, 5) is 13.9. The van der Waals surface area contributed by atoms with E-state index in [1.807, 2.05) is 6.07 Å². The molecular weight excluding hydrogens is 319 g/mol. The summed E-state index contributed by atoms with van der Waals surface area (Å²) in [6, 6.07) is 8.46. The summed E-state index contributed by atoms with van der Waals surface area (Å²) < 4.78 is 10.8. The number of ketones is 1. The first kappa shape index (κ1) is 14.0. The maximum absolute atomic E-state index is 12.4. The molecular formula is C14H10Cl2O3S. The molecule has 3 rings (SSSR count). The second-order valence-electron chi connectivity index (χ2n) is 4.23. The number of halogens is 2. The van der Waals surface area contributed by atoms with Gasteiger partial charge in [0.1, 0.15) is 0 Å². The Labute approximate surface area is 130 Å². The Balaban J connectivity index is 1.86. The number of carbonyl (C=O) groups excluding carboxylic acids is 1. The van der Waals surface area contributed by atoms with Crippen molar-refractivity contribution in [3.05, 3.63) is 55.7 Å². The molecule has 1 aliphatic heterocycles. The number of thiophene rings is 1. The van der Waals surface area contributed by atoms with Crippen molar-refractivity contribution in [2.24, 2.45) is 0 Å². The van der Waals surface area contributed by atoms with Crippen LogP contribution in [0.3, 0.4) is 0 Å². The van der Waals surface area contributed by atoms with Crippen LogP contribution in [-0.2, 0) is 9.47 Å². The predicted molar refractivity (Wildman–Crippen MR) is 78.9 cm³/mol. The number of hydrogen-bond donors (Lipinski definition) is 0. The number of benzene rings is 1. The van der Waals surface area contributed by atoms with Gasteiger partial charge in [0, 0.05) is 10.6 Å². The monoisotopic (exact) mass is 328 g/mol. The first-order chi connectivity index (χ1) is 9.65. The van der Waals surface area contributed by atoms with E-state index < -0.39 is 0 Å². The van der Waals surface area contributed by atoms with Gasteiger partial charge in [-0.15, -0.1) is 11.3 Å². The molecule has 0 amide bonds. The fraction of sp³-hybridized carbons (Fsp3) is 0.214. The van der Waals surface area contributed by atoms with Gasteiger partial charge in [-0.25, -0.2) is 0 Å². The van der Waals surface area contributed by atoms with Crippen molar-refractivity contribution in [1.29, 1.82) is 0 Å². The average molecular weight is 329 g/mol. The molecule has 6 heteroatoms. The first-order valence-electron chi connectivity index (χ1n) is 5.98. The highest BCUT2D eigenvalue weighted by Gasteiger charge is 2.22. The minimum atomic E-state index is -0.359. The molecule has 104 valence electrons. The van der Waals surface area contributed by atoms with E-state index in [0.29, 0.717) is 33.7 Å². The Morgan fingerprint density at radius 2 is 1.90 bits per heavy atom. The maximum Gasteiger partial charge on any atom is 0.204 e. The molecule has 0 saturated carbocycles. The van der Waals surface area contributed by atoms with Crippen LogP contribution in [0, 0.1) is 0 Å². The maximum atomic E-state index is 12.4.